The van der Waals surface area contributed by atoms with Crippen molar-refractivity contribution >= 4 is 11.0 Å². The van der Waals surface area contributed by atoms with E-state index in [0.29, 0.717) is 0 Å². The van der Waals surface area contributed by atoms with E-state index in [1.54, 1.807) is 0 Å². The second kappa shape index (κ2) is 9.65. The first-order valence-electron chi connectivity index (χ1n) is 7.79. The summed E-state index contributed by atoms with van der Waals surface area (Å²) in [6.45, 7) is 0.930. The van der Waals surface area contributed by atoms with Crippen LogP contribution in [0.3, 0.4) is 0 Å². The third kappa shape index (κ3) is 5.12. The summed E-state index contributed by atoms with van der Waals surface area (Å²) in [5.74, 6) is 3.46. The average Bonchev–Trinajstić information content (AvgIpc) is 3.28. The Morgan fingerprint density at radius 3 is 2.17 bits per heavy atom. The second-order valence-corrected chi connectivity index (χ2v) is 5.81. The molecule has 2 saturated carbocycles. The number of nitrogens with zero attached hydrogens (tertiary/aromatic N) is 1. The van der Waals surface area contributed by atoms with Gasteiger partial charge in [0.25, 0.3) is 0 Å². The first-order chi connectivity index (χ1) is 11.2. The molecule has 0 unspecified atom stereocenters. The topological polar surface area (TPSA) is 16.4 Å². The van der Waals surface area contributed by atoms with E-state index in [4.69, 9.17) is 4.42 Å². The van der Waals surface area contributed by atoms with E-state index in [1.807, 2.05) is 50.3 Å². The predicted octanol–water partition coefficient (Wildman–Crippen LogP) is 4.14. The fourth-order valence-electron chi connectivity index (χ4n) is 2.61. The molecule has 1 heterocycles. The Bertz CT molecular complexity index is 562. The van der Waals surface area contributed by atoms with Crippen LogP contribution in [0, 0.1) is 63.2 Å². The van der Waals surface area contributed by atoms with Gasteiger partial charge in [-0.1, -0.05) is 18.2 Å². The third-order valence-corrected chi connectivity index (χ3v) is 3.64. The molecule has 0 N–H and O–H groups in total. The molecule has 0 amide bonds. The van der Waals surface area contributed by atoms with Crippen molar-refractivity contribution in [1.82, 2.24) is 4.90 Å². The van der Waals surface area contributed by atoms with Crippen molar-refractivity contribution in [3.8, 4) is 0 Å². The number of benzene rings is 1. The molecule has 2 aromatic rings. The van der Waals surface area contributed by atoms with Crippen molar-refractivity contribution in [2.75, 3.05) is 20.6 Å². The molecule has 0 spiro atoms. The van der Waals surface area contributed by atoms with Gasteiger partial charge in [-0.05, 0) is 77.6 Å². The Kier molecular flexibility index (Phi) is 7.87. The number of hydrogen-bond donors (Lipinski definition) is 0. The minimum atomic E-state index is 0. The second-order valence-electron chi connectivity index (χ2n) is 5.81. The summed E-state index contributed by atoms with van der Waals surface area (Å²) in [6.07, 6.45) is 16.4. The van der Waals surface area contributed by atoms with E-state index in [-0.39, 0.29) is 17.1 Å². The summed E-state index contributed by atoms with van der Waals surface area (Å²) in [6, 6.07) is 10.2. The molecule has 2 fully saturated rings. The van der Waals surface area contributed by atoms with Crippen LogP contribution in [-0.2, 0) is 17.1 Å². The summed E-state index contributed by atoms with van der Waals surface area (Å²) in [5, 5.41) is 1.16. The molecule has 0 aliphatic heterocycles. The molecular weight excluding hydrogens is 338 g/mol. The number of furan rings is 1. The maximum Gasteiger partial charge on any atom is 0.134 e. The number of fused-ring (bicyclic) bond motifs is 1. The number of para-hydroxylation sites is 1. The Morgan fingerprint density at radius 2 is 1.54 bits per heavy atom. The van der Waals surface area contributed by atoms with Crippen LogP contribution < -0.4 is 0 Å². The van der Waals surface area contributed by atoms with Crippen LogP contribution in [0.25, 0.3) is 11.0 Å². The fourth-order valence-corrected chi connectivity index (χ4v) is 2.61. The summed E-state index contributed by atoms with van der Waals surface area (Å²) >= 11 is 0. The molecule has 10 radical (unpaired) electrons. The van der Waals surface area contributed by atoms with Crippen LogP contribution in [0.4, 0.5) is 0 Å². The molecule has 24 heavy (non-hydrogen) atoms. The molecule has 2 aliphatic rings. The van der Waals surface area contributed by atoms with Crippen molar-refractivity contribution in [2.24, 2.45) is 0 Å². The van der Waals surface area contributed by atoms with Crippen LogP contribution in [0.15, 0.2) is 34.7 Å². The molecule has 124 valence electrons. The van der Waals surface area contributed by atoms with Gasteiger partial charge in [-0.25, -0.2) is 0 Å². The summed E-state index contributed by atoms with van der Waals surface area (Å²) in [4.78, 5) is 2.17. The van der Waals surface area contributed by atoms with E-state index in [0.717, 1.165) is 23.3 Å². The fraction of sp³-hybridized carbons (Fsp3) is 0.143. The Hall–Kier alpha value is -0.761. The number of rotatable bonds is 3. The van der Waals surface area contributed by atoms with Gasteiger partial charge in [-0.15, -0.1) is 0 Å². The van der Waals surface area contributed by atoms with Crippen molar-refractivity contribution in [3.05, 3.63) is 99.3 Å². The molecule has 0 saturated heterocycles. The SMILES string of the molecule is CN(C)C[C]1[CH][CH][CH][C]1c1cc2ccccc2o1.[CH]1[CH][CH][CH][CH]1.[Fe]. The molecule has 1 aromatic heterocycles. The van der Waals surface area contributed by atoms with E-state index >= 15 is 0 Å². The molecule has 1 aromatic carbocycles. The van der Waals surface area contributed by atoms with E-state index in [2.05, 4.69) is 50.4 Å². The van der Waals surface area contributed by atoms with Gasteiger partial charge < -0.3 is 9.32 Å². The van der Waals surface area contributed by atoms with Gasteiger partial charge >= 0.3 is 0 Å². The van der Waals surface area contributed by atoms with Crippen LogP contribution in [-0.4, -0.2) is 25.5 Å². The largest absolute Gasteiger partial charge is 0.460 e. The van der Waals surface area contributed by atoms with Gasteiger partial charge in [0.15, 0.2) is 0 Å². The van der Waals surface area contributed by atoms with E-state index < -0.39 is 0 Å². The first-order valence-corrected chi connectivity index (χ1v) is 7.79. The zero-order valence-electron chi connectivity index (χ0n) is 13.9. The summed E-state index contributed by atoms with van der Waals surface area (Å²) < 4.78 is 5.92. The van der Waals surface area contributed by atoms with Crippen molar-refractivity contribution in [2.45, 2.75) is 0 Å². The van der Waals surface area contributed by atoms with Crippen molar-refractivity contribution in [3.63, 3.8) is 0 Å². The minimum absolute atomic E-state index is 0. The Balaban J connectivity index is 0.000000300. The zero-order chi connectivity index (χ0) is 16.1. The first kappa shape index (κ1) is 19.6. The normalized spacial score (nSPS) is 18.6. The third-order valence-electron chi connectivity index (χ3n) is 3.64. The smallest absolute Gasteiger partial charge is 0.134 e. The van der Waals surface area contributed by atoms with Crippen molar-refractivity contribution < 1.29 is 21.5 Å². The minimum Gasteiger partial charge on any atom is -0.460 e. The maximum absolute atomic E-state index is 5.92. The van der Waals surface area contributed by atoms with Gasteiger partial charge in [0, 0.05) is 34.9 Å². The monoisotopic (exact) mass is 359 g/mol. The van der Waals surface area contributed by atoms with Crippen LogP contribution in [0.1, 0.15) is 5.76 Å². The van der Waals surface area contributed by atoms with E-state index in [1.165, 1.54) is 11.8 Å². The quantitative estimate of drug-likeness (QED) is 0.766. The van der Waals surface area contributed by atoms with Crippen LogP contribution in [0.2, 0.25) is 0 Å². The molecule has 0 atom stereocenters. The molecule has 4 rings (SSSR count). The van der Waals surface area contributed by atoms with Gasteiger partial charge in [0.2, 0.25) is 0 Å². The van der Waals surface area contributed by atoms with Gasteiger partial charge in [0.1, 0.15) is 11.3 Å². The van der Waals surface area contributed by atoms with Gasteiger partial charge in [-0.3, -0.25) is 0 Å². The Labute approximate surface area is 157 Å². The zero-order valence-corrected chi connectivity index (χ0v) is 15.0. The number of hydrogen-bond acceptors (Lipinski definition) is 2. The van der Waals surface area contributed by atoms with Crippen LogP contribution >= 0.6 is 0 Å². The van der Waals surface area contributed by atoms with Crippen LogP contribution in [0.5, 0.6) is 0 Å². The Morgan fingerprint density at radius 1 is 0.875 bits per heavy atom. The molecule has 2 aliphatic carbocycles. The van der Waals surface area contributed by atoms with Gasteiger partial charge in [-0.2, -0.15) is 0 Å². The standard InChI is InChI=1S/C16H16NO.C5H5.Fe/c1-17(2)11-13-7-5-8-14(13)16-10-12-6-3-4-9-15(12)18-16;1-2-4-5-3-1;/h3-10H,11H2,1-2H3;1-5H;. The average molecular weight is 359 g/mol. The summed E-state index contributed by atoms with van der Waals surface area (Å²) in [5.41, 5.74) is 0.949. The molecular formula is C21H21FeNO. The maximum atomic E-state index is 5.92. The molecule has 0 bridgehead atoms. The molecule has 3 heteroatoms. The predicted molar refractivity (Wildman–Crippen MR) is 94.8 cm³/mol. The van der Waals surface area contributed by atoms with Gasteiger partial charge in [0.05, 0.1) is 5.92 Å². The van der Waals surface area contributed by atoms with Crippen molar-refractivity contribution in [1.29, 1.82) is 0 Å². The summed E-state index contributed by atoms with van der Waals surface area (Å²) in [7, 11) is 4.16. The van der Waals surface area contributed by atoms with E-state index in [9.17, 15) is 0 Å². The molecule has 2 nitrogen and oxygen atoms in total.